The van der Waals surface area contributed by atoms with Gasteiger partial charge in [0.05, 0.1) is 11.4 Å². The Hall–Kier alpha value is -1.75. The molecule has 0 spiro atoms. The van der Waals surface area contributed by atoms with Crippen molar-refractivity contribution >= 4 is 0 Å². The fourth-order valence-electron chi connectivity index (χ4n) is 2.41. The van der Waals surface area contributed by atoms with E-state index in [9.17, 15) is 0 Å². The molecule has 102 valence electrons. The van der Waals surface area contributed by atoms with Gasteiger partial charge in [-0.3, -0.25) is 0 Å². The lowest BCUT2D eigenvalue weighted by Gasteiger charge is -2.07. The fraction of sp³-hybridized carbons (Fsp3) is 0.500. The van der Waals surface area contributed by atoms with Crippen LogP contribution in [0.5, 0.6) is 0 Å². The molecule has 0 radical (unpaired) electrons. The van der Waals surface area contributed by atoms with E-state index in [0.29, 0.717) is 6.54 Å². The number of hydrogen-bond acceptors (Lipinski definition) is 4. The van der Waals surface area contributed by atoms with E-state index in [1.165, 1.54) is 0 Å². The molecule has 0 atom stereocenters. The molecule has 0 saturated carbocycles. The van der Waals surface area contributed by atoms with E-state index in [1.54, 1.807) is 0 Å². The molecule has 2 aromatic heterocycles. The third-order valence-corrected chi connectivity index (χ3v) is 3.22. The standard InChI is InChI=1S/C14H21N5/c1-5-12-11(8-15)13(6-2)19(18-12)14-7-9(3)16-10(4)17-14/h7H,5-6,8,15H2,1-4H3. The maximum atomic E-state index is 5.87. The number of nitrogens with zero attached hydrogens (tertiary/aromatic N) is 4. The maximum Gasteiger partial charge on any atom is 0.157 e. The molecule has 0 aliphatic rings. The lowest BCUT2D eigenvalue weighted by atomic mass is 10.1. The maximum absolute atomic E-state index is 5.87. The van der Waals surface area contributed by atoms with Crippen molar-refractivity contribution in [1.29, 1.82) is 0 Å². The van der Waals surface area contributed by atoms with Gasteiger partial charge in [-0.1, -0.05) is 13.8 Å². The third-order valence-electron chi connectivity index (χ3n) is 3.22. The average molecular weight is 259 g/mol. The smallest absolute Gasteiger partial charge is 0.157 e. The molecule has 0 aliphatic heterocycles. The Bertz CT molecular complexity index is 566. The Morgan fingerprint density at radius 1 is 1.16 bits per heavy atom. The summed E-state index contributed by atoms with van der Waals surface area (Å²) in [6.07, 6.45) is 1.78. The quantitative estimate of drug-likeness (QED) is 0.910. The minimum atomic E-state index is 0.523. The summed E-state index contributed by atoms with van der Waals surface area (Å²) in [5.41, 5.74) is 10.2. The lowest BCUT2D eigenvalue weighted by molar-refractivity contribution is 0.758. The lowest BCUT2D eigenvalue weighted by Crippen LogP contribution is -2.08. The summed E-state index contributed by atoms with van der Waals surface area (Å²) in [5, 5.41) is 4.67. The van der Waals surface area contributed by atoms with Crippen molar-refractivity contribution in [2.24, 2.45) is 5.73 Å². The first-order valence-corrected chi connectivity index (χ1v) is 6.73. The van der Waals surface area contributed by atoms with E-state index in [1.807, 2.05) is 24.6 Å². The van der Waals surface area contributed by atoms with Crippen LogP contribution in [0.1, 0.15) is 42.3 Å². The van der Waals surface area contributed by atoms with Crippen molar-refractivity contribution in [3.05, 3.63) is 34.5 Å². The third kappa shape index (κ3) is 2.51. The predicted octanol–water partition coefficient (Wildman–Crippen LogP) is 1.86. The van der Waals surface area contributed by atoms with E-state index in [-0.39, 0.29) is 0 Å². The number of hydrogen-bond donors (Lipinski definition) is 1. The molecular weight excluding hydrogens is 238 g/mol. The van der Waals surface area contributed by atoms with Crippen LogP contribution < -0.4 is 5.73 Å². The van der Waals surface area contributed by atoms with Gasteiger partial charge < -0.3 is 5.73 Å². The van der Waals surface area contributed by atoms with Crippen LogP contribution in [0.4, 0.5) is 0 Å². The van der Waals surface area contributed by atoms with E-state index in [0.717, 1.165) is 47.1 Å². The number of aryl methyl sites for hydroxylation is 3. The first kappa shape index (κ1) is 13.7. The molecule has 5 nitrogen and oxygen atoms in total. The Kier molecular flexibility index (Phi) is 3.95. The number of nitrogens with two attached hydrogens (primary N) is 1. The van der Waals surface area contributed by atoms with E-state index in [4.69, 9.17) is 5.73 Å². The van der Waals surface area contributed by atoms with Crippen molar-refractivity contribution in [3.63, 3.8) is 0 Å². The second-order valence-corrected chi connectivity index (χ2v) is 4.61. The summed E-state index contributed by atoms with van der Waals surface area (Å²) in [6, 6.07) is 1.96. The van der Waals surface area contributed by atoms with Gasteiger partial charge in [0.25, 0.3) is 0 Å². The molecule has 0 aliphatic carbocycles. The zero-order valence-electron chi connectivity index (χ0n) is 12.1. The zero-order valence-corrected chi connectivity index (χ0v) is 12.1. The highest BCUT2D eigenvalue weighted by atomic mass is 15.3. The van der Waals surface area contributed by atoms with Crippen LogP contribution in [0.25, 0.3) is 5.82 Å². The summed E-state index contributed by atoms with van der Waals surface area (Å²) < 4.78 is 1.92. The van der Waals surface area contributed by atoms with Crippen molar-refractivity contribution in [2.45, 2.75) is 47.1 Å². The van der Waals surface area contributed by atoms with Crippen molar-refractivity contribution in [3.8, 4) is 5.82 Å². The SMILES string of the molecule is CCc1nn(-c2cc(C)nc(C)n2)c(CC)c1CN. The van der Waals surface area contributed by atoms with Crippen LogP contribution in [-0.4, -0.2) is 19.7 Å². The average Bonchev–Trinajstić information content (AvgIpc) is 2.74. The molecule has 2 rings (SSSR count). The highest BCUT2D eigenvalue weighted by Crippen LogP contribution is 2.19. The zero-order chi connectivity index (χ0) is 14.0. The molecule has 2 heterocycles. The first-order chi connectivity index (χ1) is 9.10. The highest BCUT2D eigenvalue weighted by Gasteiger charge is 2.16. The second kappa shape index (κ2) is 5.48. The summed E-state index contributed by atoms with van der Waals surface area (Å²) in [4.78, 5) is 8.79. The summed E-state index contributed by atoms with van der Waals surface area (Å²) in [5.74, 6) is 1.59. The minimum absolute atomic E-state index is 0.523. The molecule has 19 heavy (non-hydrogen) atoms. The Labute approximate surface area is 113 Å². The van der Waals surface area contributed by atoms with Gasteiger partial charge in [0.2, 0.25) is 0 Å². The second-order valence-electron chi connectivity index (χ2n) is 4.61. The molecule has 0 unspecified atom stereocenters. The molecule has 2 N–H and O–H groups in total. The van der Waals surface area contributed by atoms with Crippen LogP contribution in [0.15, 0.2) is 6.07 Å². The van der Waals surface area contributed by atoms with E-state index in [2.05, 4.69) is 28.9 Å². The largest absolute Gasteiger partial charge is 0.326 e. The normalized spacial score (nSPS) is 11.0. The summed E-state index contributed by atoms with van der Waals surface area (Å²) in [6.45, 7) is 8.61. The van der Waals surface area contributed by atoms with Crippen LogP contribution >= 0.6 is 0 Å². The van der Waals surface area contributed by atoms with Gasteiger partial charge in [-0.15, -0.1) is 0 Å². The molecule has 0 saturated heterocycles. The van der Waals surface area contributed by atoms with Crippen molar-refractivity contribution in [2.75, 3.05) is 0 Å². The number of rotatable bonds is 4. The Morgan fingerprint density at radius 3 is 2.42 bits per heavy atom. The Morgan fingerprint density at radius 2 is 1.89 bits per heavy atom. The topological polar surface area (TPSA) is 69.6 Å². The fourth-order valence-corrected chi connectivity index (χ4v) is 2.41. The summed E-state index contributed by atoms with van der Waals surface area (Å²) in [7, 11) is 0. The van der Waals surface area contributed by atoms with Crippen LogP contribution in [0.2, 0.25) is 0 Å². The van der Waals surface area contributed by atoms with Crippen LogP contribution in [-0.2, 0) is 19.4 Å². The number of aromatic nitrogens is 4. The van der Waals surface area contributed by atoms with Gasteiger partial charge in [-0.2, -0.15) is 5.10 Å². The molecule has 0 amide bonds. The first-order valence-electron chi connectivity index (χ1n) is 6.73. The van der Waals surface area contributed by atoms with Gasteiger partial charge in [0.1, 0.15) is 5.82 Å². The predicted molar refractivity (Wildman–Crippen MR) is 75.3 cm³/mol. The molecule has 0 bridgehead atoms. The van der Waals surface area contributed by atoms with Crippen LogP contribution in [0.3, 0.4) is 0 Å². The van der Waals surface area contributed by atoms with Gasteiger partial charge in [0.15, 0.2) is 5.82 Å². The molecule has 2 aromatic rings. The van der Waals surface area contributed by atoms with Gasteiger partial charge >= 0.3 is 0 Å². The summed E-state index contributed by atoms with van der Waals surface area (Å²) >= 11 is 0. The Balaban J connectivity index is 2.64. The molecule has 5 heteroatoms. The van der Waals surface area contributed by atoms with E-state index < -0.39 is 0 Å². The molecule has 0 fully saturated rings. The van der Waals surface area contributed by atoms with Crippen molar-refractivity contribution in [1.82, 2.24) is 19.7 Å². The van der Waals surface area contributed by atoms with E-state index >= 15 is 0 Å². The van der Waals surface area contributed by atoms with Gasteiger partial charge in [-0.25, -0.2) is 14.6 Å². The molecule has 0 aromatic carbocycles. The van der Waals surface area contributed by atoms with Gasteiger partial charge in [0, 0.05) is 23.9 Å². The van der Waals surface area contributed by atoms with Crippen molar-refractivity contribution < 1.29 is 0 Å². The molecular formula is C14H21N5. The van der Waals surface area contributed by atoms with Gasteiger partial charge in [-0.05, 0) is 26.7 Å². The monoisotopic (exact) mass is 259 g/mol. The highest BCUT2D eigenvalue weighted by molar-refractivity contribution is 5.34. The minimum Gasteiger partial charge on any atom is -0.326 e. The van der Waals surface area contributed by atoms with Crippen LogP contribution in [0, 0.1) is 13.8 Å².